The van der Waals surface area contributed by atoms with E-state index in [1.165, 1.54) is 4.70 Å². The molecule has 0 spiro atoms. The van der Waals surface area contributed by atoms with Gasteiger partial charge in [-0.15, -0.1) is 11.3 Å². The Balaban J connectivity index is 2.04. The zero-order valence-electron chi connectivity index (χ0n) is 9.26. The Kier molecular flexibility index (Phi) is 3.15. The molecule has 4 nitrogen and oxygen atoms in total. The predicted octanol–water partition coefficient (Wildman–Crippen LogP) is 3.25. The van der Waals surface area contributed by atoms with E-state index in [0.717, 1.165) is 15.4 Å². The third-order valence-corrected chi connectivity index (χ3v) is 4.50. The van der Waals surface area contributed by atoms with Crippen LogP contribution in [0.1, 0.15) is 5.82 Å². The van der Waals surface area contributed by atoms with E-state index in [0.29, 0.717) is 18.1 Å². The smallest absolute Gasteiger partial charge is 0.257 e. The van der Waals surface area contributed by atoms with Crippen LogP contribution < -0.4 is 0 Å². The Morgan fingerprint density at radius 2 is 2.28 bits per heavy atom. The SMILES string of the molecule is OCCc1noc(-c2ccc3scc(Br)c3c2)n1. The number of halogens is 1. The maximum absolute atomic E-state index is 8.82. The molecule has 0 radical (unpaired) electrons. The molecule has 0 amide bonds. The molecule has 2 aromatic heterocycles. The van der Waals surface area contributed by atoms with E-state index < -0.39 is 0 Å². The Hall–Kier alpha value is -1.24. The van der Waals surface area contributed by atoms with E-state index in [4.69, 9.17) is 9.63 Å². The molecule has 0 aliphatic rings. The van der Waals surface area contributed by atoms with E-state index >= 15 is 0 Å². The van der Waals surface area contributed by atoms with Crippen LogP contribution in [0, 0.1) is 0 Å². The number of aliphatic hydroxyl groups excluding tert-OH is 1. The van der Waals surface area contributed by atoms with E-state index in [-0.39, 0.29) is 6.61 Å². The van der Waals surface area contributed by atoms with Gasteiger partial charge in [-0.3, -0.25) is 0 Å². The summed E-state index contributed by atoms with van der Waals surface area (Å²) in [6.07, 6.45) is 0.411. The van der Waals surface area contributed by atoms with Crippen molar-refractivity contribution >= 4 is 37.4 Å². The predicted molar refractivity (Wildman–Crippen MR) is 73.6 cm³/mol. The van der Waals surface area contributed by atoms with Gasteiger partial charge in [0.2, 0.25) is 0 Å². The van der Waals surface area contributed by atoms with Gasteiger partial charge in [-0.25, -0.2) is 0 Å². The second-order valence-corrected chi connectivity index (χ2v) is 5.55. The van der Waals surface area contributed by atoms with Crippen molar-refractivity contribution in [3.63, 3.8) is 0 Å². The fraction of sp³-hybridized carbons (Fsp3) is 0.167. The number of aliphatic hydroxyl groups is 1. The molecule has 0 unspecified atom stereocenters. The van der Waals surface area contributed by atoms with E-state index in [1.54, 1.807) is 11.3 Å². The van der Waals surface area contributed by atoms with Gasteiger partial charge in [0.15, 0.2) is 5.82 Å². The van der Waals surface area contributed by atoms with Gasteiger partial charge in [-0.05, 0) is 34.1 Å². The van der Waals surface area contributed by atoms with Crippen molar-refractivity contribution in [2.24, 2.45) is 0 Å². The van der Waals surface area contributed by atoms with E-state index in [1.807, 2.05) is 18.2 Å². The second kappa shape index (κ2) is 4.79. The van der Waals surface area contributed by atoms with E-state index in [9.17, 15) is 0 Å². The molecule has 0 aliphatic carbocycles. The Labute approximate surface area is 115 Å². The molecule has 18 heavy (non-hydrogen) atoms. The Morgan fingerprint density at radius 1 is 1.39 bits per heavy atom. The summed E-state index contributed by atoms with van der Waals surface area (Å²) in [5, 5.41) is 15.8. The fourth-order valence-electron chi connectivity index (χ4n) is 1.70. The highest BCUT2D eigenvalue weighted by atomic mass is 79.9. The molecule has 2 heterocycles. The lowest BCUT2D eigenvalue weighted by molar-refractivity contribution is 0.293. The van der Waals surface area contributed by atoms with Crippen LogP contribution in [0.3, 0.4) is 0 Å². The normalized spacial score (nSPS) is 11.2. The quantitative estimate of drug-likeness (QED) is 0.803. The lowest BCUT2D eigenvalue weighted by Gasteiger charge is -1.95. The zero-order chi connectivity index (χ0) is 12.5. The maximum Gasteiger partial charge on any atom is 0.257 e. The maximum atomic E-state index is 8.82. The van der Waals surface area contributed by atoms with Crippen molar-refractivity contribution in [1.29, 1.82) is 0 Å². The van der Waals surface area contributed by atoms with Crippen LogP contribution in [0.5, 0.6) is 0 Å². The highest BCUT2D eigenvalue weighted by Crippen LogP contribution is 2.33. The standard InChI is InChI=1S/C12H9BrN2O2S/c13-9-6-18-10-2-1-7(5-8(9)10)12-14-11(3-4-16)15-17-12/h1-2,5-6,16H,3-4H2. The van der Waals surface area contributed by atoms with Gasteiger partial charge in [-0.2, -0.15) is 4.98 Å². The van der Waals surface area contributed by atoms with Gasteiger partial charge >= 0.3 is 0 Å². The summed E-state index contributed by atoms with van der Waals surface area (Å²) in [5.41, 5.74) is 0.887. The van der Waals surface area contributed by atoms with Gasteiger partial charge in [0.05, 0.1) is 6.61 Å². The number of thiophene rings is 1. The lowest BCUT2D eigenvalue weighted by atomic mass is 10.2. The largest absolute Gasteiger partial charge is 0.396 e. The molecule has 0 aliphatic heterocycles. The van der Waals surface area contributed by atoms with Gasteiger partial charge in [-0.1, -0.05) is 5.16 Å². The third kappa shape index (κ3) is 2.07. The number of rotatable bonds is 3. The Morgan fingerprint density at radius 3 is 3.11 bits per heavy atom. The highest BCUT2D eigenvalue weighted by Gasteiger charge is 2.10. The van der Waals surface area contributed by atoms with Gasteiger partial charge < -0.3 is 9.63 Å². The van der Waals surface area contributed by atoms with Crippen molar-refractivity contribution < 1.29 is 9.63 Å². The van der Waals surface area contributed by atoms with Crippen LogP contribution in [0.2, 0.25) is 0 Å². The summed E-state index contributed by atoms with van der Waals surface area (Å²) in [4.78, 5) is 4.24. The molecule has 1 aromatic carbocycles. The molecule has 0 bridgehead atoms. The van der Waals surface area contributed by atoms with Crippen molar-refractivity contribution in [3.8, 4) is 11.5 Å². The number of nitrogens with zero attached hydrogens (tertiary/aromatic N) is 2. The molecule has 0 saturated heterocycles. The topological polar surface area (TPSA) is 59.2 Å². The first-order valence-corrected chi connectivity index (χ1v) is 7.06. The summed E-state index contributed by atoms with van der Waals surface area (Å²) >= 11 is 5.20. The monoisotopic (exact) mass is 324 g/mol. The summed E-state index contributed by atoms with van der Waals surface area (Å²) in [7, 11) is 0. The molecule has 6 heteroatoms. The van der Waals surface area contributed by atoms with Crippen LogP contribution >= 0.6 is 27.3 Å². The van der Waals surface area contributed by atoms with Crippen molar-refractivity contribution in [3.05, 3.63) is 33.9 Å². The number of hydrogen-bond donors (Lipinski definition) is 1. The van der Waals surface area contributed by atoms with Crippen molar-refractivity contribution in [1.82, 2.24) is 10.1 Å². The second-order valence-electron chi connectivity index (χ2n) is 3.78. The zero-order valence-corrected chi connectivity index (χ0v) is 11.7. The van der Waals surface area contributed by atoms with Crippen LogP contribution in [0.25, 0.3) is 21.5 Å². The Bertz CT molecular complexity index is 692. The van der Waals surface area contributed by atoms with Gasteiger partial charge in [0.25, 0.3) is 5.89 Å². The first kappa shape index (κ1) is 11.8. The van der Waals surface area contributed by atoms with Crippen molar-refractivity contribution in [2.75, 3.05) is 6.61 Å². The summed E-state index contributed by atoms with van der Waals surface area (Å²) < 4.78 is 7.46. The number of fused-ring (bicyclic) bond motifs is 1. The first-order valence-electron chi connectivity index (χ1n) is 5.38. The lowest BCUT2D eigenvalue weighted by Crippen LogP contribution is -1.92. The average Bonchev–Trinajstić information content (AvgIpc) is 2.98. The van der Waals surface area contributed by atoms with Crippen molar-refractivity contribution in [2.45, 2.75) is 6.42 Å². The molecule has 0 fully saturated rings. The number of aromatic nitrogens is 2. The van der Waals surface area contributed by atoms with E-state index in [2.05, 4.69) is 31.5 Å². The van der Waals surface area contributed by atoms with Gasteiger partial charge in [0, 0.05) is 31.9 Å². The number of hydrogen-bond acceptors (Lipinski definition) is 5. The average molecular weight is 325 g/mol. The first-order chi connectivity index (χ1) is 8.78. The summed E-state index contributed by atoms with van der Waals surface area (Å²) in [5.74, 6) is 1.01. The van der Waals surface area contributed by atoms with Crippen LogP contribution in [-0.4, -0.2) is 21.9 Å². The fourth-order valence-corrected chi connectivity index (χ4v) is 3.24. The minimum absolute atomic E-state index is 0.0219. The molecular weight excluding hydrogens is 316 g/mol. The molecular formula is C12H9BrN2O2S. The third-order valence-electron chi connectivity index (χ3n) is 2.58. The minimum atomic E-state index is 0.0219. The van der Waals surface area contributed by atoms with Gasteiger partial charge in [0.1, 0.15) is 0 Å². The molecule has 1 N–H and O–H groups in total. The van der Waals surface area contributed by atoms with Crippen LogP contribution in [0.4, 0.5) is 0 Å². The molecule has 3 aromatic rings. The minimum Gasteiger partial charge on any atom is -0.396 e. The molecule has 0 saturated carbocycles. The molecule has 3 rings (SSSR count). The number of benzene rings is 1. The molecule has 0 atom stereocenters. The van der Waals surface area contributed by atoms with Crippen LogP contribution in [0.15, 0.2) is 32.6 Å². The summed E-state index contributed by atoms with van der Waals surface area (Å²) in [6.45, 7) is 0.0219. The highest BCUT2D eigenvalue weighted by molar-refractivity contribution is 9.10. The summed E-state index contributed by atoms with van der Waals surface area (Å²) in [6, 6.07) is 6.02. The van der Waals surface area contributed by atoms with Crippen LogP contribution in [-0.2, 0) is 6.42 Å². The molecule has 92 valence electrons.